The molecular weight excluding hydrogens is 425 g/mol. The minimum Gasteiger partial charge on any atom is -0.370 e. The number of H-pyrrole nitrogens is 1. The normalized spacial score (nSPS) is 10.0. The lowest BCUT2D eigenvalue weighted by Crippen LogP contribution is -2.28. The summed E-state index contributed by atoms with van der Waals surface area (Å²) in [6.45, 7) is 0.0585. The second-order valence-electron chi connectivity index (χ2n) is 6.38. The number of carbonyl (C=O) groups is 3. The maximum Gasteiger partial charge on any atom is 0.255 e. The van der Waals surface area contributed by atoms with Crippen LogP contribution in [0.5, 0.6) is 0 Å². The van der Waals surface area contributed by atoms with Gasteiger partial charge < -0.3 is 16.8 Å². The van der Waals surface area contributed by atoms with Crippen molar-refractivity contribution in [2.24, 2.45) is 11.5 Å². The van der Waals surface area contributed by atoms with Crippen molar-refractivity contribution in [3.8, 4) is 11.3 Å². The van der Waals surface area contributed by atoms with E-state index < -0.39 is 23.5 Å². The molecule has 3 aromatic rings. The number of hydrogen-bond acceptors (Lipinski definition) is 4. The van der Waals surface area contributed by atoms with Crippen LogP contribution in [0.15, 0.2) is 54.7 Å². The Balaban J connectivity index is 0.000000412. The van der Waals surface area contributed by atoms with E-state index in [0.29, 0.717) is 5.56 Å². The molecule has 0 saturated carbocycles. The number of primary amides is 2. The lowest BCUT2D eigenvalue weighted by atomic mass is 10.0. The Labute approximate surface area is 182 Å². The number of amides is 3. The maximum atomic E-state index is 14.1. The number of carbonyl (C=O) groups excluding carboxylic acids is 3. The Bertz CT molecular complexity index is 1060. The van der Waals surface area contributed by atoms with E-state index in [4.69, 9.17) is 23.1 Å². The number of hydrogen-bond donors (Lipinski definition) is 4. The summed E-state index contributed by atoms with van der Waals surface area (Å²) in [5.41, 5.74) is 11.0. The molecule has 0 aliphatic carbocycles. The summed E-state index contributed by atoms with van der Waals surface area (Å²) in [6.07, 6.45) is 1.18. The van der Waals surface area contributed by atoms with E-state index in [1.54, 1.807) is 0 Å². The lowest BCUT2D eigenvalue weighted by molar-refractivity contribution is -0.118. The molecule has 0 radical (unpaired) electrons. The van der Waals surface area contributed by atoms with E-state index in [-0.39, 0.29) is 36.2 Å². The average molecular weight is 446 g/mol. The molecule has 0 aliphatic rings. The number of aromatic nitrogens is 2. The minimum absolute atomic E-state index is 0.0125. The van der Waals surface area contributed by atoms with Crippen molar-refractivity contribution in [3.05, 3.63) is 76.7 Å². The van der Waals surface area contributed by atoms with E-state index in [1.807, 2.05) is 30.3 Å². The van der Waals surface area contributed by atoms with Crippen molar-refractivity contribution < 1.29 is 18.8 Å². The zero-order valence-corrected chi connectivity index (χ0v) is 17.2. The van der Waals surface area contributed by atoms with Gasteiger partial charge >= 0.3 is 0 Å². The Kier molecular flexibility index (Phi) is 8.71. The molecule has 6 N–H and O–H groups in total. The van der Waals surface area contributed by atoms with Crippen LogP contribution in [-0.2, 0) is 16.0 Å². The first kappa shape index (κ1) is 23.6. The van der Waals surface area contributed by atoms with Crippen molar-refractivity contribution in [2.45, 2.75) is 12.8 Å². The van der Waals surface area contributed by atoms with Gasteiger partial charge in [0.15, 0.2) is 0 Å². The number of nitrogens with one attached hydrogen (secondary N) is 2. The Hall–Kier alpha value is -3.72. The molecule has 2 aromatic carbocycles. The van der Waals surface area contributed by atoms with Gasteiger partial charge in [0, 0.05) is 23.6 Å². The molecule has 0 aliphatic heterocycles. The van der Waals surface area contributed by atoms with Crippen LogP contribution >= 0.6 is 11.6 Å². The number of nitrogens with zero attached hydrogens (tertiary/aromatic N) is 1. The van der Waals surface area contributed by atoms with Crippen molar-refractivity contribution in [1.29, 1.82) is 0 Å². The van der Waals surface area contributed by atoms with E-state index in [0.717, 1.165) is 5.02 Å². The fourth-order valence-electron chi connectivity index (χ4n) is 2.55. The summed E-state index contributed by atoms with van der Waals surface area (Å²) in [6, 6.07) is 13.5. The topological polar surface area (TPSA) is 144 Å². The molecule has 1 heterocycles. The highest BCUT2D eigenvalue weighted by molar-refractivity contribution is 6.30. The fraction of sp³-hybridized carbons (Fsp3) is 0.143. The SMILES string of the molecule is Clc1ccccc1.NC(=O)CCNC(=O)c1cn[nH]c1-c1cc(CC(N)=O)ccc1F. The van der Waals surface area contributed by atoms with Crippen molar-refractivity contribution in [1.82, 2.24) is 15.5 Å². The molecule has 31 heavy (non-hydrogen) atoms. The predicted octanol–water partition coefficient (Wildman–Crippen LogP) is 2.19. The average Bonchev–Trinajstić information content (AvgIpc) is 3.19. The summed E-state index contributed by atoms with van der Waals surface area (Å²) >= 11 is 5.54. The van der Waals surface area contributed by atoms with Crippen molar-refractivity contribution in [2.75, 3.05) is 6.54 Å². The highest BCUT2D eigenvalue weighted by Gasteiger charge is 2.18. The van der Waals surface area contributed by atoms with Crippen LogP contribution < -0.4 is 16.8 Å². The van der Waals surface area contributed by atoms with Gasteiger partial charge in [0.25, 0.3) is 5.91 Å². The standard InChI is InChI=1S/C15H16FN5O3.C6H5Cl/c16-11-2-1-8(6-13(18)23)5-9(11)14-10(7-20-21-14)15(24)19-4-3-12(17)22;7-6-4-2-1-3-5-6/h1-2,5,7H,3-4,6H2,(H2,17,22)(H2,18,23)(H,19,24)(H,20,21);1-5H. The largest absolute Gasteiger partial charge is 0.370 e. The second kappa shape index (κ2) is 11.5. The van der Waals surface area contributed by atoms with Crippen LogP contribution in [0.1, 0.15) is 22.3 Å². The van der Waals surface area contributed by atoms with Gasteiger partial charge in [-0.1, -0.05) is 35.9 Å². The van der Waals surface area contributed by atoms with Crippen molar-refractivity contribution >= 4 is 29.3 Å². The van der Waals surface area contributed by atoms with Gasteiger partial charge in [-0.2, -0.15) is 5.10 Å². The molecule has 3 rings (SSSR count). The van der Waals surface area contributed by atoms with Crippen LogP contribution in [0.4, 0.5) is 4.39 Å². The van der Waals surface area contributed by atoms with Crippen LogP contribution in [0, 0.1) is 5.82 Å². The monoisotopic (exact) mass is 445 g/mol. The molecule has 0 spiro atoms. The Morgan fingerprint density at radius 3 is 2.35 bits per heavy atom. The van der Waals surface area contributed by atoms with E-state index in [9.17, 15) is 18.8 Å². The third kappa shape index (κ3) is 7.56. The quantitative estimate of drug-likeness (QED) is 0.441. The van der Waals surface area contributed by atoms with Gasteiger partial charge in [-0.05, 0) is 29.8 Å². The van der Waals surface area contributed by atoms with Crippen LogP contribution in [0.3, 0.4) is 0 Å². The van der Waals surface area contributed by atoms with E-state index in [2.05, 4.69) is 15.5 Å². The summed E-state index contributed by atoms with van der Waals surface area (Å²) < 4.78 is 14.1. The highest BCUT2D eigenvalue weighted by atomic mass is 35.5. The Morgan fingerprint density at radius 1 is 1.06 bits per heavy atom. The zero-order chi connectivity index (χ0) is 22.8. The number of aromatic amines is 1. The molecule has 8 nitrogen and oxygen atoms in total. The summed E-state index contributed by atoms with van der Waals surface area (Å²) in [5, 5.41) is 9.61. The highest BCUT2D eigenvalue weighted by Crippen LogP contribution is 2.25. The number of rotatable bonds is 7. The first-order chi connectivity index (χ1) is 14.8. The third-order valence-electron chi connectivity index (χ3n) is 3.95. The van der Waals surface area contributed by atoms with Gasteiger partial charge in [0.2, 0.25) is 11.8 Å². The molecule has 0 saturated heterocycles. The van der Waals surface area contributed by atoms with Gasteiger partial charge in [-0.3, -0.25) is 19.5 Å². The first-order valence-corrected chi connectivity index (χ1v) is 9.53. The van der Waals surface area contributed by atoms with E-state index in [1.165, 1.54) is 24.4 Å². The van der Waals surface area contributed by atoms with Crippen LogP contribution in [0.2, 0.25) is 5.02 Å². The van der Waals surface area contributed by atoms with Gasteiger partial charge in [-0.15, -0.1) is 0 Å². The third-order valence-corrected chi connectivity index (χ3v) is 4.20. The molecule has 0 fully saturated rings. The van der Waals surface area contributed by atoms with Crippen LogP contribution in [0.25, 0.3) is 11.3 Å². The fourth-order valence-corrected chi connectivity index (χ4v) is 2.69. The van der Waals surface area contributed by atoms with Gasteiger partial charge in [0.05, 0.1) is 23.9 Å². The molecule has 0 atom stereocenters. The minimum atomic E-state index is -0.585. The molecule has 10 heteroatoms. The lowest BCUT2D eigenvalue weighted by Gasteiger charge is -2.07. The summed E-state index contributed by atoms with van der Waals surface area (Å²) in [7, 11) is 0. The van der Waals surface area contributed by atoms with Gasteiger partial charge in [0.1, 0.15) is 5.82 Å². The summed E-state index contributed by atoms with van der Waals surface area (Å²) in [5.74, 6) is -2.21. The number of benzene rings is 2. The smallest absolute Gasteiger partial charge is 0.255 e. The predicted molar refractivity (Wildman–Crippen MR) is 114 cm³/mol. The molecule has 162 valence electrons. The van der Waals surface area contributed by atoms with Crippen LogP contribution in [-0.4, -0.2) is 34.5 Å². The molecule has 1 aromatic heterocycles. The second-order valence-corrected chi connectivity index (χ2v) is 6.82. The van der Waals surface area contributed by atoms with Gasteiger partial charge in [-0.25, -0.2) is 4.39 Å². The maximum absolute atomic E-state index is 14.1. The molecule has 0 bridgehead atoms. The zero-order valence-electron chi connectivity index (χ0n) is 16.4. The molecule has 0 unspecified atom stereocenters. The summed E-state index contributed by atoms with van der Waals surface area (Å²) in [4.78, 5) is 33.8. The van der Waals surface area contributed by atoms with Crippen molar-refractivity contribution in [3.63, 3.8) is 0 Å². The number of nitrogens with two attached hydrogens (primary N) is 2. The van der Waals surface area contributed by atoms with E-state index >= 15 is 0 Å². The number of halogens is 2. The molecular formula is C21H21ClFN5O3. The Morgan fingerprint density at radius 2 is 1.77 bits per heavy atom. The first-order valence-electron chi connectivity index (χ1n) is 9.15. The molecule has 3 amide bonds.